The van der Waals surface area contributed by atoms with Crippen LogP contribution in [0.5, 0.6) is 11.5 Å². The van der Waals surface area contributed by atoms with Crippen molar-refractivity contribution < 1.29 is 14.6 Å². The molecule has 1 heterocycles. The second-order valence-electron chi connectivity index (χ2n) is 4.72. The first-order chi connectivity index (χ1) is 11.1. The first-order valence-electron chi connectivity index (χ1n) is 7.01. The van der Waals surface area contributed by atoms with E-state index in [1.165, 1.54) is 0 Å². The fourth-order valence-corrected chi connectivity index (χ4v) is 1.98. The second kappa shape index (κ2) is 8.00. The number of pyridine rings is 1. The van der Waals surface area contributed by atoms with Gasteiger partial charge in [0.05, 0.1) is 26.9 Å². The molecule has 0 aliphatic rings. The Bertz CT molecular complexity index is 662. The van der Waals surface area contributed by atoms with Crippen LogP contribution in [0.2, 0.25) is 0 Å². The van der Waals surface area contributed by atoms with E-state index in [1.54, 1.807) is 56.9 Å². The zero-order valence-corrected chi connectivity index (χ0v) is 13.1. The van der Waals surface area contributed by atoms with Crippen LogP contribution < -0.4 is 20.5 Å². The number of guanidine groups is 1. The van der Waals surface area contributed by atoms with Gasteiger partial charge in [-0.2, -0.15) is 0 Å². The molecule has 7 heteroatoms. The lowest BCUT2D eigenvalue weighted by molar-refractivity contribution is 0.187. The number of hydrogen-bond donors (Lipinski definition) is 3. The lowest BCUT2D eigenvalue weighted by atomic mass is 10.1. The predicted molar refractivity (Wildman–Crippen MR) is 88.9 cm³/mol. The molecule has 1 atom stereocenters. The fourth-order valence-electron chi connectivity index (χ4n) is 1.98. The molecule has 0 saturated heterocycles. The van der Waals surface area contributed by atoms with E-state index in [9.17, 15) is 5.11 Å². The third kappa shape index (κ3) is 4.58. The number of aromatic nitrogens is 1. The number of benzene rings is 1. The summed E-state index contributed by atoms with van der Waals surface area (Å²) in [6.45, 7) is 0.149. The van der Waals surface area contributed by atoms with Gasteiger partial charge in [-0.05, 0) is 29.8 Å². The number of nitrogens with zero attached hydrogens (tertiary/aromatic N) is 2. The number of anilines is 1. The number of ether oxygens (including phenoxy) is 2. The zero-order chi connectivity index (χ0) is 16.7. The van der Waals surface area contributed by atoms with Crippen molar-refractivity contribution in [2.24, 2.45) is 10.7 Å². The van der Waals surface area contributed by atoms with Crippen LogP contribution in [0.3, 0.4) is 0 Å². The first-order valence-corrected chi connectivity index (χ1v) is 7.01. The molecule has 0 radical (unpaired) electrons. The fraction of sp³-hybridized carbons (Fsp3) is 0.250. The number of hydrogen-bond acceptors (Lipinski definition) is 5. The van der Waals surface area contributed by atoms with Crippen LogP contribution in [-0.4, -0.2) is 36.8 Å². The van der Waals surface area contributed by atoms with Crippen LogP contribution >= 0.6 is 0 Å². The average Bonchev–Trinajstić information content (AvgIpc) is 2.60. The molecule has 0 amide bonds. The summed E-state index contributed by atoms with van der Waals surface area (Å²) in [4.78, 5) is 8.04. The molecular formula is C16H20N4O3. The minimum absolute atomic E-state index is 0.149. The van der Waals surface area contributed by atoms with E-state index in [4.69, 9.17) is 15.2 Å². The predicted octanol–water partition coefficient (Wildman–Crippen LogP) is 1.56. The Morgan fingerprint density at radius 1 is 1.22 bits per heavy atom. The van der Waals surface area contributed by atoms with Crippen molar-refractivity contribution in [2.75, 3.05) is 26.1 Å². The summed E-state index contributed by atoms with van der Waals surface area (Å²) in [5.74, 6) is 1.41. The van der Waals surface area contributed by atoms with Crippen molar-refractivity contribution in [3.05, 3.63) is 48.3 Å². The smallest absolute Gasteiger partial charge is 0.193 e. The van der Waals surface area contributed by atoms with Crippen molar-refractivity contribution in [3.8, 4) is 11.5 Å². The van der Waals surface area contributed by atoms with E-state index in [1.807, 2.05) is 0 Å². The van der Waals surface area contributed by atoms with Gasteiger partial charge in [-0.15, -0.1) is 0 Å². The van der Waals surface area contributed by atoms with Gasteiger partial charge in [-0.25, -0.2) is 0 Å². The average molecular weight is 316 g/mol. The SMILES string of the molecule is COc1ccc(NC(N)=NCC(O)c2ccncc2)cc1OC. The van der Waals surface area contributed by atoms with Crippen molar-refractivity contribution >= 4 is 11.6 Å². The van der Waals surface area contributed by atoms with Gasteiger partial charge in [0.15, 0.2) is 17.5 Å². The topological polar surface area (TPSA) is 102 Å². The van der Waals surface area contributed by atoms with E-state index in [0.717, 1.165) is 5.56 Å². The van der Waals surface area contributed by atoms with Crippen molar-refractivity contribution in [2.45, 2.75) is 6.10 Å². The normalized spacial score (nSPS) is 12.6. The van der Waals surface area contributed by atoms with Crippen LogP contribution in [0.1, 0.15) is 11.7 Å². The molecular weight excluding hydrogens is 296 g/mol. The Morgan fingerprint density at radius 2 is 1.91 bits per heavy atom. The lowest BCUT2D eigenvalue weighted by Gasteiger charge is -2.12. The minimum atomic E-state index is -0.733. The van der Waals surface area contributed by atoms with Crippen molar-refractivity contribution in [3.63, 3.8) is 0 Å². The number of nitrogens with one attached hydrogen (secondary N) is 1. The third-order valence-corrected chi connectivity index (χ3v) is 3.18. The maximum atomic E-state index is 10.0. The van der Waals surface area contributed by atoms with Gasteiger partial charge >= 0.3 is 0 Å². The number of aliphatic hydroxyl groups excluding tert-OH is 1. The number of aliphatic hydroxyl groups is 1. The lowest BCUT2D eigenvalue weighted by Crippen LogP contribution is -2.23. The summed E-state index contributed by atoms with van der Waals surface area (Å²) >= 11 is 0. The maximum absolute atomic E-state index is 10.0. The number of nitrogens with two attached hydrogens (primary N) is 1. The molecule has 7 nitrogen and oxygen atoms in total. The first kappa shape index (κ1) is 16.6. The summed E-state index contributed by atoms with van der Waals surface area (Å²) in [5.41, 5.74) is 7.29. The molecule has 0 fully saturated rings. The highest BCUT2D eigenvalue weighted by Gasteiger charge is 2.07. The van der Waals surface area contributed by atoms with E-state index >= 15 is 0 Å². The summed E-state index contributed by atoms with van der Waals surface area (Å²) in [7, 11) is 3.13. The van der Waals surface area contributed by atoms with Crippen LogP contribution in [0.4, 0.5) is 5.69 Å². The number of aliphatic imine (C=N–C) groups is 1. The summed E-state index contributed by atoms with van der Waals surface area (Å²) in [6.07, 6.45) is 2.50. The second-order valence-corrected chi connectivity index (χ2v) is 4.72. The number of methoxy groups -OCH3 is 2. The van der Waals surface area contributed by atoms with Gasteiger partial charge in [0, 0.05) is 24.1 Å². The zero-order valence-electron chi connectivity index (χ0n) is 13.1. The maximum Gasteiger partial charge on any atom is 0.193 e. The molecule has 0 saturated carbocycles. The van der Waals surface area contributed by atoms with Crippen molar-refractivity contribution in [1.82, 2.24) is 4.98 Å². The summed E-state index contributed by atoms with van der Waals surface area (Å²) < 4.78 is 10.4. The Hall–Kier alpha value is -2.80. The van der Waals surface area contributed by atoms with E-state index in [-0.39, 0.29) is 12.5 Å². The summed E-state index contributed by atoms with van der Waals surface area (Å²) in [5, 5.41) is 13.0. The van der Waals surface area contributed by atoms with Gasteiger partial charge in [0.25, 0.3) is 0 Å². The molecule has 0 spiro atoms. The van der Waals surface area contributed by atoms with Gasteiger partial charge in [-0.1, -0.05) is 0 Å². The van der Waals surface area contributed by atoms with Crippen molar-refractivity contribution in [1.29, 1.82) is 0 Å². The Morgan fingerprint density at radius 3 is 2.57 bits per heavy atom. The molecule has 4 N–H and O–H groups in total. The minimum Gasteiger partial charge on any atom is -0.493 e. The highest BCUT2D eigenvalue weighted by Crippen LogP contribution is 2.29. The summed E-state index contributed by atoms with van der Waals surface area (Å²) in [6, 6.07) is 8.78. The Labute approximate surface area is 134 Å². The quantitative estimate of drug-likeness (QED) is 0.552. The highest BCUT2D eigenvalue weighted by molar-refractivity contribution is 5.92. The van der Waals surface area contributed by atoms with E-state index < -0.39 is 6.10 Å². The highest BCUT2D eigenvalue weighted by atomic mass is 16.5. The molecule has 1 aromatic heterocycles. The Balaban J connectivity index is 1.99. The molecule has 122 valence electrons. The van der Waals surface area contributed by atoms with Gasteiger partial charge < -0.3 is 25.6 Å². The molecule has 0 bridgehead atoms. The molecule has 0 aliphatic carbocycles. The molecule has 23 heavy (non-hydrogen) atoms. The van der Waals surface area contributed by atoms with E-state index in [0.29, 0.717) is 17.2 Å². The van der Waals surface area contributed by atoms with Crippen LogP contribution in [-0.2, 0) is 0 Å². The number of rotatable bonds is 6. The Kier molecular flexibility index (Phi) is 5.76. The van der Waals surface area contributed by atoms with Crippen LogP contribution in [0.15, 0.2) is 47.7 Å². The van der Waals surface area contributed by atoms with Gasteiger partial charge in [-0.3, -0.25) is 9.98 Å². The molecule has 1 unspecified atom stereocenters. The largest absolute Gasteiger partial charge is 0.493 e. The molecule has 2 aromatic rings. The van der Waals surface area contributed by atoms with Crippen LogP contribution in [0, 0.1) is 0 Å². The van der Waals surface area contributed by atoms with Gasteiger partial charge in [0.2, 0.25) is 0 Å². The molecule has 2 rings (SSSR count). The van der Waals surface area contributed by atoms with Gasteiger partial charge in [0.1, 0.15) is 0 Å². The monoisotopic (exact) mass is 316 g/mol. The standard InChI is InChI=1S/C16H20N4O3/c1-22-14-4-3-12(9-15(14)23-2)20-16(17)19-10-13(21)11-5-7-18-8-6-11/h3-9,13,21H,10H2,1-2H3,(H3,17,19,20). The third-order valence-electron chi connectivity index (χ3n) is 3.18. The van der Waals surface area contributed by atoms with E-state index in [2.05, 4.69) is 15.3 Å². The van der Waals surface area contributed by atoms with Crippen LogP contribution in [0.25, 0.3) is 0 Å². The molecule has 1 aromatic carbocycles. The molecule has 0 aliphatic heterocycles.